The zero-order valence-corrected chi connectivity index (χ0v) is 14.3. The minimum Gasteiger partial charge on any atom is -0.316 e. The third-order valence-corrected chi connectivity index (χ3v) is 6.08. The standard InChI is InChI=1S/C16H26N2O2S/c1-5-8-18(15-6-7-15)21(19,20)16-10-14(11-17-4)12(2)9-13(16)3/h9-10,15,17H,5-8,11H2,1-4H3. The molecule has 1 saturated carbocycles. The Kier molecular flexibility index (Phi) is 5.07. The lowest BCUT2D eigenvalue weighted by Gasteiger charge is -2.23. The topological polar surface area (TPSA) is 49.4 Å². The summed E-state index contributed by atoms with van der Waals surface area (Å²) in [5, 5.41) is 3.10. The van der Waals surface area contributed by atoms with Crippen LogP contribution in [0.1, 0.15) is 42.9 Å². The highest BCUT2D eigenvalue weighted by Crippen LogP contribution is 2.33. The smallest absolute Gasteiger partial charge is 0.243 e. The molecule has 0 aromatic heterocycles. The van der Waals surface area contributed by atoms with Gasteiger partial charge in [-0.3, -0.25) is 0 Å². The van der Waals surface area contributed by atoms with Gasteiger partial charge in [0.2, 0.25) is 10.0 Å². The van der Waals surface area contributed by atoms with Gasteiger partial charge >= 0.3 is 0 Å². The third kappa shape index (κ3) is 3.47. The first-order valence-electron chi connectivity index (χ1n) is 7.68. The largest absolute Gasteiger partial charge is 0.316 e. The normalized spacial score (nSPS) is 15.7. The second-order valence-electron chi connectivity index (χ2n) is 5.92. The van der Waals surface area contributed by atoms with Crippen molar-refractivity contribution in [2.45, 2.75) is 57.5 Å². The Morgan fingerprint density at radius 2 is 1.90 bits per heavy atom. The molecule has 0 atom stereocenters. The number of hydrogen-bond donors (Lipinski definition) is 1. The number of aryl methyl sites for hydroxylation is 2. The Hall–Kier alpha value is -0.910. The molecule has 0 bridgehead atoms. The molecule has 1 N–H and O–H groups in total. The summed E-state index contributed by atoms with van der Waals surface area (Å²) in [5.74, 6) is 0. The number of hydrogen-bond acceptors (Lipinski definition) is 3. The Labute approximate surface area is 128 Å². The van der Waals surface area contributed by atoms with Crippen LogP contribution in [-0.4, -0.2) is 32.4 Å². The first-order chi connectivity index (χ1) is 9.91. The third-order valence-electron chi connectivity index (χ3n) is 3.99. The molecule has 0 spiro atoms. The van der Waals surface area contributed by atoms with E-state index in [0.717, 1.165) is 36.0 Å². The summed E-state index contributed by atoms with van der Waals surface area (Å²) in [7, 11) is -1.51. The highest BCUT2D eigenvalue weighted by atomic mass is 32.2. The molecule has 1 aromatic rings. The molecular formula is C16H26N2O2S. The van der Waals surface area contributed by atoms with Crippen molar-refractivity contribution in [3.05, 3.63) is 28.8 Å². The molecule has 1 aromatic carbocycles. The maximum atomic E-state index is 13.0. The summed E-state index contributed by atoms with van der Waals surface area (Å²) in [5.41, 5.74) is 3.03. The molecule has 0 saturated heterocycles. The summed E-state index contributed by atoms with van der Waals surface area (Å²) in [6, 6.07) is 4.04. The van der Waals surface area contributed by atoms with Crippen molar-refractivity contribution in [3.63, 3.8) is 0 Å². The molecule has 21 heavy (non-hydrogen) atoms. The quantitative estimate of drug-likeness (QED) is 0.842. The lowest BCUT2D eigenvalue weighted by Crippen LogP contribution is -2.34. The second-order valence-corrected chi connectivity index (χ2v) is 7.78. The van der Waals surface area contributed by atoms with Crippen molar-refractivity contribution in [1.29, 1.82) is 0 Å². The number of sulfonamides is 1. The first-order valence-corrected chi connectivity index (χ1v) is 9.12. The van der Waals surface area contributed by atoms with Crippen LogP contribution in [0.15, 0.2) is 17.0 Å². The molecule has 4 nitrogen and oxygen atoms in total. The fraction of sp³-hybridized carbons (Fsp3) is 0.625. The van der Waals surface area contributed by atoms with E-state index in [9.17, 15) is 8.42 Å². The molecule has 2 rings (SSSR count). The number of nitrogens with zero attached hydrogens (tertiary/aromatic N) is 1. The van der Waals surface area contributed by atoms with Gasteiger partial charge in [0.05, 0.1) is 4.90 Å². The molecule has 0 amide bonds. The molecule has 1 aliphatic carbocycles. The van der Waals surface area contributed by atoms with E-state index in [1.807, 2.05) is 40.0 Å². The van der Waals surface area contributed by atoms with Crippen molar-refractivity contribution in [3.8, 4) is 0 Å². The van der Waals surface area contributed by atoms with Gasteiger partial charge < -0.3 is 5.32 Å². The van der Waals surface area contributed by atoms with Crippen molar-refractivity contribution in [2.75, 3.05) is 13.6 Å². The Morgan fingerprint density at radius 1 is 1.24 bits per heavy atom. The van der Waals surface area contributed by atoms with E-state index < -0.39 is 10.0 Å². The lowest BCUT2D eigenvalue weighted by molar-refractivity contribution is 0.403. The van der Waals surface area contributed by atoms with Crippen LogP contribution in [0.3, 0.4) is 0 Å². The lowest BCUT2D eigenvalue weighted by atomic mass is 10.1. The number of benzene rings is 1. The van der Waals surface area contributed by atoms with Crippen molar-refractivity contribution in [1.82, 2.24) is 9.62 Å². The zero-order chi connectivity index (χ0) is 15.6. The Bertz CT molecular complexity index is 607. The minimum atomic E-state index is -3.38. The van der Waals surface area contributed by atoms with Crippen LogP contribution in [0.4, 0.5) is 0 Å². The summed E-state index contributed by atoms with van der Waals surface area (Å²) in [6.07, 6.45) is 2.84. The van der Waals surface area contributed by atoms with Gasteiger partial charge in [-0.25, -0.2) is 8.42 Å². The van der Waals surface area contributed by atoms with E-state index in [-0.39, 0.29) is 6.04 Å². The van der Waals surface area contributed by atoms with Gasteiger partial charge in [0, 0.05) is 19.1 Å². The average molecular weight is 310 g/mol. The maximum absolute atomic E-state index is 13.0. The molecule has 0 radical (unpaired) electrons. The summed E-state index contributed by atoms with van der Waals surface area (Å²) in [6.45, 7) is 7.24. The maximum Gasteiger partial charge on any atom is 0.243 e. The molecule has 1 fully saturated rings. The predicted octanol–water partition coefficient (Wildman–Crippen LogP) is 2.59. The van der Waals surface area contributed by atoms with E-state index in [1.165, 1.54) is 0 Å². The molecule has 0 aliphatic heterocycles. The Balaban J connectivity index is 2.45. The van der Waals surface area contributed by atoms with Crippen molar-refractivity contribution < 1.29 is 8.42 Å². The van der Waals surface area contributed by atoms with Crippen LogP contribution < -0.4 is 5.32 Å². The monoisotopic (exact) mass is 310 g/mol. The fourth-order valence-corrected chi connectivity index (χ4v) is 4.78. The van der Waals surface area contributed by atoms with Crippen molar-refractivity contribution >= 4 is 10.0 Å². The molecule has 118 valence electrons. The average Bonchev–Trinajstić information content (AvgIpc) is 3.23. The van der Waals surface area contributed by atoms with Crippen molar-refractivity contribution in [2.24, 2.45) is 0 Å². The zero-order valence-electron chi connectivity index (χ0n) is 13.4. The molecule has 0 heterocycles. The molecule has 1 aliphatic rings. The van der Waals surface area contributed by atoms with Crippen LogP contribution in [0.2, 0.25) is 0 Å². The van der Waals surface area contributed by atoms with Crippen LogP contribution in [-0.2, 0) is 16.6 Å². The van der Waals surface area contributed by atoms with Gasteiger partial charge in [-0.2, -0.15) is 4.31 Å². The highest BCUT2D eigenvalue weighted by Gasteiger charge is 2.38. The summed E-state index contributed by atoms with van der Waals surface area (Å²) < 4.78 is 27.7. The van der Waals surface area contributed by atoms with Gasteiger partial charge in [-0.15, -0.1) is 0 Å². The van der Waals surface area contributed by atoms with Crippen LogP contribution in [0, 0.1) is 13.8 Å². The highest BCUT2D eigenvalue weighted by molar-refractivity contribution is 7.89. The van der Waals surface area contributed by atoms with E-state index in [1.54, 1.807) is 4.31 Å². The van der Waals surface area contributed by atoms with Gasteiger partial charge in [0.1, 0.15) is 0 Å². The van der Waals surface area contributed by atoms with Crippen LogP contribution >= 0.6 is 0 Å². The number of rotatable bonds is 7. The van der Waals surface area contributed by atoms with Gasteiger partial charge in [0.25, 0.3) is 0 Å². The molecule has 5 heteroatoms. The van der Waals surface area contributed by atoms with E-state index in [0.29, 0.717) is 18.0 Å². The first kappa shape index (κ1) is 16.5. The van der Waals surface area contributed by atoms with Gasteiger partial charge in [0.15, 0.2) is 0 Å². The van der Waals surface area contributed by atoms with E-state index >= 15 is 0 Å². The van der Waals surface area contributed by atoms with Gasteiger partial charge in [-0.1, -0.05) is 13.0 Å². The summed E-state index contributed by atoms with van der Waals surface area (Å²) in [4.78, 5) is 0.471. The Morgan fingerprint density at radius 3 is 2.43 bits per heavy atom. The van der Waals surface area contributed by atoms with E-state index in [4.69, 9.17) is 0 Å². The number of nitrogens with one attached hydrogen (secondary N) is 1. The molecule has 0 unspecified atom stereocenters. The van der Waals surface area contributed by atoms with Crippen LogP contribution in [0.5, 0.6) is 0 Å². The fourth-order valence-electron chi connectivity index (χ4n) is 2.74. The predicted molar refractivity (Wildman–Crippen MR) is 85.9 cm³/mol. The van der Waals surface area contributed by atoms with Gasteiger partial charge in [-0.05, 0) is 62.9 Å². The molecular weight excluding hydrogens is 284 g/mol. The second kappa shape index (κ2) is 6.46. The summed E-state index contributed by atoms with van der Waals surface area (Å²) >= 11 is 0. The van der Waals surface area contributed by atoms with Crippen LogP contribution in [0.25, 0.3) is 0 Å². The minimum absolute atomic E-state index is 0.211. The SMILES string of the molecule is CCCN(C1CC1)S(=O)(=O)c1cc(CNC)c(C)cc1C. The van der Waals surface area contributed by atoms with E-state index in [2.05, 4.69) is 5.32 Å².